The average molecular weight is 410 g/mol. The van der Waals surface area contributed by atoms with E-state index in [0.717, 1.165) is 0 Å². The van der Waals surface area contributed by atoms with E-state index in [2.05, 4.69) is 20.8 Å². The SMILES string of the molecule is CC(C)(C)OC(=O)N[C@H]1CS(=O)(=O)c2ccc(-c3n[nH]c(=O)o3)cc2NC1=O. The van der Waals surface area contributed by atoms with Crippen molar-refractivity contribution in [2.24, 2.45) is 0 Å². The number of benzene rings is 1. The fraction of sp³-hybridized carbons (Fsp3) is 0.375. The third kappa shape index (κ3) is 4.22. The number of ether oxygens (including phenoxy) is 1. The largest absolute Gasteiger partial charge is 0.444 e. The molecule has 3 rings (SSSR count). The number of carbonyl (C=O) groups excluding carboxylic acids is 2. The zero-order chi connectivity index (χ0) is 20.7. The second kappa shape index (κ2) is 6.78. The summed E-state index contributed by atoms with van der Waals surface area (Å²) in [5.74, 6) is -2.20. The zero-order valence-corrected chi connectivity index (χ0v) is 16.0. The first kappa shape index (κ1) is 19.6. The molecule has 1 aliphatic heterocycles. The van der Waals surface area contributed by atoms with Crippen molar-refractivity contribution in [2.75, 3.05) is 11.1 Å². The minimum atomic E-state index is -3.92. The highest BCUT2D eigenvalue weighted by molar-refractivity contribution is 7.91. The lowest BCUT2D eigenvalue weighted by atomic mass is 10.2. The van der Waals surface area contributed by atoms with Crippen molar-refractivity contribution < 1.29 is 27.2 Å². The number of alkyl carbamates (subject to hydrolysis) is 1. The minimum Gasteiger partial charge on any atom is -0.444 e. The van der Waals surface area contributed by atoms with Crippen molar-refractivity contribution in [1.29, 1.82) is 0 Å². The number of amides is 2. The number of fused-ring (bicyclic) bond motifs is 1. The van der Waals surface area contributed by atoms with Gasteiger partial charge in [-0.25, -0.2) is 23.1 Å². The average Bonchev–Trinajstić information content (AvgIpc) is 2.95. The van der Waals surface area contributed by atoms with Gasteiger partial charge in [0.15, 0.2) is 9.84 Å². The Labute approximate surface area is 159 Å². The number of aromatic amines is 1. The fourth-order valence-electron chi connectivity index (χ4n) is 2.55. The van der Waals surface area contributed by atoms with Crippen molar-refractivity contribution in [2.45, 2.75) is 37.3 Å². The lowest BCUT2D eigenvalue weighted by Gasteiger charge is -2.22. The molecule has 11 nitrogen and oxygen atoms in total. The van der Waals surface area contributed by atoms with Crippen molar-refractivity contribution in [3.63, 3.8) is 0 Å². The van der Waals surface area contributed by atoms with E-state index in [-0.39, 0.29) is 22.0 Å². The van der Waals surface area contributed by atoms with Gasteiger partial charge in [0.1, 0.15) is 11.6 Å². The summed E-state index contributed by atoms with van der Waals surface area (Å²) in [5, 5.41) is 10.5. The molecule has 0 bridgehead atoms. The maximum atomic E-state index is 12.7. The Hall–Kier alpha value is -3.15. The van der Waals surface area contributed by atoms with Gasteiger partial charge in [-0.2, -0.15) is 0 Å². The molecule has 0 unspecified atom stereocenters. The van der Waals surface area contributed by atoms with Crippen LogP contribution in [0.2, 0.25) is 0 Å². The molecule has 1 atom stereocenters. The number of aromatic nitrogens is 2. The van der Waals surface area contributed by atoms with Crippen LogP contribution in [-0.4, -0.2) is 48.0 Å². The van der Waals surface area contributed by atoms with Crippen LogP contribution in [0.1, 0.15) is 20.8 Å². The first-order chi connectivity index (χ1) is 12.9. The van der Waals surface area contributed by atoms with E-state index >= 15 is 0 Å². The number of H-pyrrole nitrogens is 1. The van der Waals surface area contributed by atoms with Crippen LogP contribution in [-0.2, 0) is 19.4 Å². The molecule has 0 spiro atoms. The molecule has 2 aromatic rings. The monoisotopic (exact) mass is 410 g/mol. The summed E-state index contributed by atoms with van der Waals surface area (Å²) in [6.45, 7) is 4.92. The fourth-order valence-corrected chi connectivity index (χ4v) is 4.12. The smallest absolute Gasteiger partial charge is 0.434 e. The molecule has 0 fully saturated rings. The number of hydrogen-bond acceptors (Lipinski definition) is 8. The Balaban J connectivity index is 1.91. The van der Waals surface area contributed by atoms with Crippen LogP contribution >= 0.6 is 0 Å². The number of hydrogen-bond donors (Lipinski definition) is 3. The van der Waals surface area contributed by atoms with Crippen molar-refractivity contribution in [1.82, 2.24) is 15.5 Å². The van der Waals surface area contributed by atoms with E-state index in [1.807, 2.05) is 0 Å². The van der Waals surface area contributed by atoms with Gasteiger partial charge >= 0.3 is 11.8 Å². The standard InChI is InChI=1S/C16H18N4O7S/c1-16(2,3)27-14(22)18-10-7-28(24,25)11-5-4-8(6-9(11)17-12(10)21)13-19-20-15(23)26-13/h4-6,10H,7H2,1-3H3,(H,17,21)(H,18,22)(H,20,23)/t10-/m0/s1. The van der Waals surface area contributed by atoms with Crippen LogP contribution in [0.5, 0.6) is 0 Å². The molecule has 2 amide bonds. The second-order valence-electron chi connectivity index (χ2n) is 7.10. The predicted molar refractivity (Wildman–Crippen MR) is 96.4 cm³/mol. The number of rotatable bonds is 2. The lowest BCUT2D eigenvalue weighted by molar-refractivity contribution is -0.117. The third-order valence-electron chi connectivity index (χ3n) is 3.65. The van der Waals surface area contributed by atoms with Gasteiger partial charge in [-0.15, -0.1) is 5.10 Å². The van der Waals surface area contributed by atoms with E-state index < -0.39 is 45.0 Å². The molecule has 2 heterocycles. The van der Waals surface area contributed by atoms with Crippen LogP contribution in [0, 0.1) is 0 Å². The third-order valence-corrected chi connectivity index (χ3v) is 5.45. The Kier molecular flexibility index (Phi) is 4.75. The van der Waals surface area contributed by atoms with E-state index in [9.17, 15) is 22.8 Å². The molecule has 0 saturated heterocycles. The van der Waals surface area contributed by atoms with E-state index in [0.29, 0.717) is 0 Å². The number of anilines is 1. The molecular formula is C16H18N4O7S. The molecule has 28 heavy (non-hydrogen) atoms. The molecule has 0 aliphatic carbocycles. The zero-order valence-electron chi connectivity index (χ0n) is 15.2. The second-order valence-corrected chi connectivity index (χ2v) is 9.10. The van der Waals surface area contributed by atoms with Gasteiger partial charge in [0.2, 0.25) is 11.8 Å². The van der Waals surface area contributed by atoms with Gasteiger partial charge in [0.05, 0.1) is 16.3 Å². The molecule has 150 valence electrons. The van der Waals surface area contributed by atoms with Crippen LogP contribution in [0.3, 0.4) is 0 Å². The van der Waals surface area contributed by atoms with E-state index in [4.69, 9.17) is 9.15 Å². The Morgan fingerprint density at radius 3 is 2.64 bits per heavy atom. The Bertz CT molecular complexity index is 1090. The number of sulfone groups is 1. The van der Waals surface area contributed by atoms with E-state index in [1.165, 1.54) is 18.2 Å². The molecule has 0 radical (unpaired) electrons. The molecule has 1 aromatic heterocycles. The highest BCUT2D eigenvalue weighted by atomic mass is 32.2. The maximum absolute atomic E-state index is 12.7. The first-order valence-electron chi connectivity index (χ1n) is 8.18. The lowest BCUT2D eigenvalue weighted by Crippen LogP contribution is -2.48. The van der Waals surface area contributed by atoms with Gasteiger partial charge in [0, 0.05) is 5.56 Å². The summed E-state index contributed by atoms with van der Waals surface area (Å²) in [6, 6.07) is 2.63. The van der Waals surface area contributed by atoms with Gasteiger partial charge in [-0.1, -0.05) is 0 Å². The molecule has 12 heteroatoms. The van der Waals surface area contributed by atoms with Crippen LogP contribution in [0.15, 0.2) is 32.3 Å². The normalized spacial score (nSPS) is 18.5. The predicted octanol–water partition coefficient (Wildman–Crippen LogP) is 0.649. The molecule has 1 aliphatic rings. The summed E-state index contributed by atoms with van der Waals surface area (Å²) in [5.41, 5.74) is -0.539. The molecular weight excluding hydrogens is 392 g/mol. The summed E-state index contributed by atoms with van der Waals surface area (Å²) >= 11 is 0. The number of carbonyl (C=O) groups is 2. The van der Waals surface area contributed by atoms with Crippen molar-refractivity contribution in [3.8, 4) is 11.5 Å². The van der Waals surface area contributed by atoms with Gasteiger partial charge in [0.25, 0.3) is 0 Å². The van der Waals surface area contributed by atoms with E-state index in [1.54, 1.807) is 20.8 Å². The maximum Gasteiger partial charge on any atom is 0.434 e. The summed E-state index contributed by atoms with van der Waals surface area (Å²) < 4.78 is 35.3. The number of nitrogens with zero attached hydrogens (tertiary/aromatic N) is 1. The molecule has 1 aromatic carbocycles. The van der Waals surface area contributed by atoms with Gasteiger partial charge in [-0.05, 0) is 39.0 Å². The van der Waals surface area contributed by atoms with Crippen molar-refractivity contribution in [3.05, 3.63) is 28.7 Å². The molecule has 0 saturated carbocycles. The number of nitrogens with one attached hydrogen (secondary N) is 3. The summed E-state index contributed by atoms with van der Waals surface area (Å²) in [7, 11) is -3.92. The Morgan fingerprint density at radius 1 is 1.32 bits per heavy atom. The topological polar surface area (TPSA) is 160 Å². The quantitative estimate of drug-likeness (QED) is 0.650. The van der Waals surface area contributed by atoms with Crippen molar-refractivity contribution >= 4 is 27.5 Å². The highest BCUT2D eigenvalue weighted by Crippen LogP contribution is 2.30. The van der Waals surface area contributed by atoms with Crippen LogP contribution in [0.4, 0.5) is 10.5 Å². The van der Waals surface area contributed by atoms with Gasteiger partial charge < -0.3 is 19.8 Å². The van der Waals surface area contributed by atoms with Crippen LogP contribution in [0.25, 0.3) is 11.5 Å². The van der Waals surface area contributed by atoms with Gasteiger partial charge in [-0.3, -0.25) is 4.79 Å². The summed E-state index contributed by atoms with van der Waals surface area (Å²) in [4.78, 5) is 35.4. The van der Waals surface area contributed by atoms with Crippen LogP contribution < -0.4 is 16.4 Å². The highest BCUT2D eigenvalue weighted by Gasteiger charge is 2.35. The molecule has 3 N–H and O–H groups in total. The Morgan fingerprint density at radius 2 is 2.04 bits per heavy atom. The first-order valence-corrected chi connectivity index (χ1v) is 9.83. The summed E-state index contributed by atoms with van der Waals surface area (Å²) in [6.07, 6.45) is -0.909. The minimum absolute atomic E-state index is 0.0124.